The maximum absolute atomic E-state index is 5.47. The average Bonchev–Trinajstić information content (AvgIpc) is 2.51. The van der Waals surface area contributed by atoms with Crippen LogP contribution in [-0.4, -0.2) is 13.2 Å². The van der Waals surface area contributed by atoms with Gasteiger partial charge in [0.25, 0.3) is 0 Å². The van der Waals surface area contributed by atoms with Gasteiger partial charge in [-0.2, -0.15) is 0 Å². The summed E-state index contributed by atoms with van der Waals surface area (Å²) in [6, 6.07) is 16.9. The van der Waals surface area contributed by atoms with E-state index in [0.29, 0.717) is 6.61 Å². The Morgan fingerprint density at radius 3 is 2.62 bits per heavy atom. The van der Waals surface area contributed by atoms with Gasteiger partial charge in [-0.05, 0) is 43.1 Å². The smallest absolute Gasteiger partial charge is 0.119 e. The summed E-state index contributed by atoms with van der Waals surface area (Å²) in [6.45, 7) is 8.19. The molecule has 0 heterocycles. The first kappa shape index (κ1) is 15.3. The molecule has 0 amide bonds. The van der Waals surface area contributed by atoms with Crippen LogP contribution in [0, 0.1) is 6.92 Å². The van der Waals surface area contributed by atoms with E-state index in [1.54, 1.807) is 6.08 Å². The molecule has 2 aromatic carbocycles. The van der Waals surface area contributed by atoms with Crippen molar-refractivity contribution >= 4 is 0 Å². The van der Waals surface area contributed by atoms with Crippen molar-refractivity contribution in [1.29, 1.82) is 0 Å². The minimum absolute atomic E-state index is 0.550. The van der Waals surface area contributed by atoms with Crippen LogP contribution in [0.1, 0.15) is 16.7 Å². The molecule has 0 aliphatic carbocycles. The van der Waals surface area contributed by atoms with E-state index in [-0.39, 0.29) is 0 Å². The van der Waals surface area contributed by atoms with Crippen molar-refractivity contribution in [3.8, 4) is 5.75 Å². The molecule has 0 aromatic heterocycles. The van der Waals surface area contributed by atoms with Gasteiger partial charge < -0.3 is 10.1 Å². The highest BCUT2D eigenvalue weighted by Gasteiger charge is 1.96. The third kappa shape index (κ3) is 5.44. The van der Waals surface area contributed by atoms with Crippen LogP contribution >= 0.6 is 0 Å². The zero-order valence-electron chi connectivity index (χ0n) is 12.6. The fraction of sp³-hybridized carbons (Fsp3) is 0.263. The number of hydrogen-bond donors (Lipinski definition) is 1. The van der Waals surface area contributed by atoms with Crippen LogP contribution in [0.2, 0.25) is 0 Å². The molecule has 0 saturated carbocycles. The monoisotopic (exact) mass is 281 g/mol. The maximum Gasteiger partial charge on any atom is 0.119 e. The lowest BCUT2D eigenvalue weighted by Gasteiger charge is -2.07. The number of rotatable bonds is 8. The van der Waals surface area contributed by atoms with E-state index >= 15 is 0 Å². The fourth-order valence-corrected chi connectivity index (χ4v) is 2.19. The highest BCUT2D eigenvalue weighted by molar-refractivity contribution is 5.27. The molecule has 0 saturated heterocycles. The van der Waals surface area contributed by atoms with Crippen LogP contribution in [0.4, 0.5) is 0 Å². The molecule has 1 N–H and O–H groups in total. The van der Waals surface area contributed by atoms with Crippen LogP contribution in [0.25, 0.3) is 0 Å². The molecular formula is C19H23NO. The SMILES string of the molecule is C=CCOc1ccc(CNCCc2cccc(C)c2)cc1. The average molecular weight is 281 g/mol. The lowest BCUT2D eigenvalue weighted by molar-refractivity contribution is 0.363. The number of hydrogen-bond acceptors (Lipinski definition) is 2. The highest BCUT2D eigenvalue weighted by atomic mass is 16.5. The van der Waals surface area contributed by atoms with Crippen LogP contribution in [-0.2, 0) is 13.0 Å². The van der Waals surface area contributed by atoms with Crippen molar-refractivity contribution in [2.45, 2.75) is 19.9 Å². The predicted molar refractivity (Wildman–Crippen MR) is 88.7 cm³/mol. The third-order valence-corrected chi connectivity index (χ3v) is 3.29. The molecule has 2 rings (SSSR count). The van der Waals surface area contributed by atoms with Gasteiger partial charge in [0.2, 0.25) is 0 Å². The molecule has 2 heteroatoms. The Kier molecular flexibility index (Phi) is 6.04. The van der Waals surface area contributed by atoms with E-state index in [0.717, 1.165) is 25.3 Å². The highest BCUT2D eigenvalue weighted by Crippen LogP contribution is 2.12. The zero-order chi connectivity index (χ0) is 14.9. The van der Waals surface area contributed by atoms with E-state index in [1.807, 2.05) is 12.1 Å². The third-order valence-electron chi connectivity index (χ3n) is 3.29. The van der Waals surface area contributed by atoms with Gasteiger partial charge in [0.15, 0.2) is 0 Å². The second-order valence-corrected chi connectivity index (χ2v) is 5.16. The van der Waals surface area contributed by atoms with Crippen LogP contribution in [0.5, 0.6) is 5.75 Å². The van der Waals surface area contributed by atoms with Gasteiger partial charge in [-0.1, -0.05) is 54.6 Å². The lowest BCUT2D eigenvalue weighted by atomic mass is 10.1. The summed E-state index contributed by atoms with van der Waals surface area (Å²) in [7, 11) is 0. The topological polar surface area (TPSA) is 21.3 Å². The predicted octanol–water partition coefficient (Wildman–Crippen LogP) is 3.89. The molecule has 0 radical (unpaired) electrons. The van der Waals surface area contributed by atoms with Crippen LogP contribution in [0.15, 0.2) is 61.2 Å². The standard InChI is InChI=1S/C19H23NO/c1-3-13-21-19-9-7-18(8-10-19)15-20-12-11-17-6-4-5-16(2)14-17/h3-10,14,20H,1,11-13,15H2,2H3. The first-order valence-corrected chi connectivity index (χ1v) is 7.37. The number of aryl methyl sites for hydroxylation is 1. The summed E-state index contributed by atoms with van der Waals surface area (Å²) in [5, 5.41) is 3.48. The summed E-state index contributed by atoms with van der Waals surface area (Å²) in [5.41, 5.74) is 3.98. The van der Waals surface area contributed by atoms with Crippen molar-refractivity contribution < 1.29 is 4.74 Å². The van der Waals surface area contributed by atoms with E-state index < -0.39 is 0 Å². The van der Waals surface area contributed by atoms with Gasteiger partial charge in [0.05, 0.1) is 0 Å². The van der Waals surface area contributed by atoms with E-state index in [1.165, 1.54) is 16.7 Å². The number of nitrogens with one attached hydrogen (secondary N) is 1. The van der Waals surface area contributed by atoms with Gasteiger partial charge in [0, 0.05) is 6.54 Å². The second kappa shape index (κ2) is 8.28. The molecule has 0 bridgehead atoms. The van der Waals surface area contributed by atoms with E-state index in [9.17, 15) is 0 Å². The van der Waals surface area contributed by atoms with Gasteiger partial charge in [-0.15, -0.1) is 0 Å². The zero-order valence-corrected chi connectivity index (χ0v) is 12.6. The normalized spacial score (nSPS) is 10.3. The summed E-state index contributed by atoms with van der Waals surface area (Å²) >= 11 is 0. The molecule has 0 aliphatic heterocycles. The van der Waals surface area contributed by atoms with E-state index in [2.05, 4.69) is 55.2 Å². The molecular weight excluding hydrogens is 258 g/mol. The first-order valence-electron chi connectivity index (χ1n) is 7.37. The Labute approximate surface area is 127 Å². The lowest BCUT2D eigenvalue weighted by Crippen LogP contribution is -2.16. The van der Waals surface area contributed by atoms with Gasteiger partial charge in [-0.3, -0.25) is 0 Å². The Morgan fingerprint density at radius 2 is 1.90 bits per heavy atom. The Balaban J connectivity index is 1.72. The number of benzene rings is 2. The van der Waals surface area contributed by atoms with Gasteiger partial charge in [-0.25, -0.2) is 0 Å². The van der Waals surface area contributed by atoms with Crippen molar-refractivity contribution in [2.75, 3.05) is 13.2 Å². The summed E-state index contributed by atoms with van der Waals surface area (Å²) in [4.78, 5) is 0. The van der Waals surface area contributed by atoms with Gasteiger partial charge >= 0.3 is 0 Å². The molecule has 21 heavy (non-hydrogen) atoms. The fourth-order valence-electron chi connectivity index (χ4n) is 2.19. The van der Waals surface area contributed by atoms with Gasteiger partial charge in [0.1, 0.15) is 12.4 Å². The summed E-state index contributed by atoms with van der Waals surface area (Å²) < 4.78 is 5.47. The molecule has 0 atom stereocenters. The maximum atomic E-state index is 5.47. The first-order chi connectivity index (χ1) is 10.3. The molecule has 2 nitrogen and oxygen atoms in total. The molecule has 0 unspecified atom stereocenters. The van der Waals surface area contributed by atoms with Crippen LogP contribution in [0.3, 0.4) is 0 Å². The quantitative estimate of drug-likeness (QED) is 0.585. The molecule has 0 spiro atoms. The van der Waals surface area contributed by atoms with E-state index in [4.69, 9.17) is 4.74 Å². The van der Waals surface area contributed by atoms with Crippen molar-refractivity contribution in [1.82, 2.24) is 5.32 Å². The number of ether oxygens (including phenoxy) is 1. The minimum atomic E-state index is 0.550. The Hall–Kier alpha value is -2.06. The molecule has 110 valence electrons. The van der Waals surface area contributed by atoms with Crippen molar-refractivity contribution in [3.63, 3.8) is 0 Å². The van der Waals surface area contributed by atoms with Crippen molar-refractivity contribution in [3.05, 3.63) is 77.9 Å². The Morgan fingerprint density at radius 1 is 1.10 bits per heavy atom. The minimum Gasteiger partial charge on any atom is -0.490 e. The summed E-state index contributed by atoms with van der Waals surface area (Å²) in [5.74, 6) is 0.887. The molecule has 0 aliphatic rings. The largest absolute Gasteiger partial charge is 0.490 e. The second-order valence-electron chi connectivity index (χ2n) is 5.16. The molecule has 2 aromatic rings. The summed E-state index contributed by atoms with van der Waals surface area (Å²) in [6.07, 6.45) is 2.81. The van der Waals surface area contributed by atoms with Crippen molar-refractivity contribution in [2.24, 2.45) is 0 Å². The Bertz CT molecular complexity index is 560. The van der Waals surface area contributed by atoms with Crippen LogP contribution < -0.4 is 10.1 Å². The molecule has 0 fully saturated rings.